The summed E-state index contributed by atoms with van der Waals surface area (Å²) < 4.78 is 0. The van der Waals surface area contributed by atoms with E-state index < -0.39 is 0 Å². The Morgan fingerprint density at radius 2 is 2.00 bits per heavy atom. The van der Waals surface area contributed by atoms with Crippen LogP contribution >= 0.6 is 0 Å². The Balaban J connectivity index is 2.29. The van der Waals surface area contributed by atoms with Crippen LogP contribution in [0.15, 0.2) is 0 Å². The van der Waals surface area contributed by atoms with Gasteiger partial charge in [0.2, 0.25) is 0 Å². The first kappa shape index (κ1) is 8.07. The van der Waals surface area contributed by atoms with Crippen LogP contribution in [0.5, 0.6) is 0 Å². The fourth-order valence-electron chi connectivity index (χ4n) is 3.05. The van der Waals surface area contributed by atoms with Crippen molar-refractivity contribution in [1.82, 2.24) is 4.90 Å². The number of hydrogen-bond acceptors (Lipinski definition) is 2. The molecule has 0 aromatic rings. The van der Waals surface area contributed by atoms with Crippen LogP contribution in [0.25, 0.3) is 0 Å². The minimum absolute atomic E-state index is 0.0706. The van der Waals surface area contributed by atoms with Gasteiger partial charge in [-0.25, -0.2) is 0 Å². The fraction of sp³-hybridized carbons (Fsp3) is 0.900. The van der Waals surface area contributed by atoms with Crippen molar-refractivity contribution in [3.05, 3.63) is 0 Å². The van der Waals surface area contributed by atoms with Crippen LogP contribution in [0.3, 0.4) is 0 Å². The summed E-state index contributed by atoms with van der Waals surface area (Å²) in [5, 5.41) is 9.17. The second-order valence-corrected chi connectivity index (χ2v) is 4.38. The van der Waals surface area contributed by atoms with Gasteiger partial charge in [0, 0.05) is 12.1 Å². The van der Waals surface area contributed by atoms with E-state index in [1.807, 2.05) is 0 Å². The van der Waals surface area contributed by atoms with Crippen molar-refractivity contribution in [1.29, 1.82) is 5.26 Å². The van der Waals surface area contributed by atoms with Gasteiger partial charge < -0.3 is 0 Å². The first-order valence-electron chi connectivity index (χ1n) is 4.89. The summed E-state index contributed by atoms with van der Waals surface area (Å²) in [6.07, 6.45) is 4.69. The molecule has 2 fully saturated rings. The molecule has 2 rings (SSSR count). The van der Waals surface area contributed by atoms with Gasteiger partial charge in [0.25, 0.3) is 0 Å². The van der Waals surface area contributed by atoms with E-state index in [1.165, 1.54) is 12.8 Å². The lowest BCUT2D eigenvalue weighted by Gasteiger charge is -2.31. The normalized spacial score (nSPS) is 40.7. The standard InChI is InChI=1S/C10H16N2/c1-8(2)12-9-3-5-10(12,7-11)6-4-9/h8-9H,3-6H2,1-2H3. The van der Waals surface area contributed by atoms with Gasteiger partial charge in [-0.2, -0.15) is 5.26 Å². The van der Waals surface area contributed by atoms with Gasteiger partial charge in [0.1, 0.15) is 5.54 Å². The van der Waals surface area contributed by atoms with Crippen molar-refractivity contribution in [3.8, 4) is 6.07 Å². The van der Waals surface area contributed by atoms with Crippen molar-refractivity contribution in [2.24, 2.45) is 0 Å². The van der Waals surface area contributed by atoms with E-state index in [9.17, 15) is 5.26 Å². The summed E-state index contributed by atoms with van der Waals surface area (Å²) in [5.41, 5.74) is -0.0706. The average Bonchev–Trinajstić information content (AvgIpc) is 2.58. The number of nitrogens with zero attached hydrogens (tertiary/aromatic N) is 2. The molecule has 66 valence electrons. The van der Waals surface area contributed by atoms with Crippen LogP contribution in [0.2, 0.25) is 0 Å². The van der Waals surface area contributed by atoms with E-state index in [2.05, 4.69) is 24.8 Å². The molecule has 2 heteroatoms. The van der Waals surface area contributed by atoms with E-state index in [0.29, 0.717) is 12.1 Å². The molecule has 0 atom stereocenters. The molecule has 0 aromatic heterocycles. The van der Waals surface area contributed by atoms with Crippen molar-refractivity contribution in [2.45, 2.75) is 57.2 Å². The molecule has 0 radical (unpaired) electrons. The number of nitriles is 1. The lowest BCUT2D eigenvalue weighted by Crippen LogP contribution is -2.44. The monoisotopic (exact) mass is 164 g/mol. The van der Waals surface area contributed by atoms with Gasteiger partial charge in [-0.05, 0) is 39.5 Å². The molecular weight excluding hydrogens is 148 g/mol. The molecule has 2 heterocycles. The van der Waals surface area contributed by atoms with E-state index in [1.54, 1.807) is 0 Å². The first-order chi connectivity index (χ1) is 5.69. The lowest BCUT2D eigenvalue weighted by atomic mass is 9.89. The summed E-state index contributed by atoms with van der Waals surface area (Å²) in [6, 6.07) is 3.78. The summed E-state index contributed by atoms with van der Waals surface area (Å²) in [4.78, 5) is 2.44. The zero-order chi connectivity index (χ0) is 8.77. The van der Waals surface area contributed by atoms with Gasteiger partial charge in [0.15, 0.2) is 0 Å². The second-order valence-electron chi connectivity index (χ2n) is 4.38. The zero-order valence-electron chi connectivity index (χ0n) is 7.88. The minimum atomic E-state index is -0.0706. The van der Waals surface area contributed by atoms with Crippen LogP contribution < -0.4 is 0 Å². The predicted octanol–water partition coefficient (Wildman–Crippen LogP) is 1.92. The van der Waals surface area contributed by atoms with Crippen LogP contribution in [0.1, 0.15) is 39.5 Å². The second kappa shape index (κ2) is 2.47. The smallest absolute Gasteiger partial charge is 0.109 e. The van der Waals surface area contributed by atoms with Crippen LogP contribution in [-0.4, -0.2) is 22.5 Å². The Bertz CT molecular complexity index is 218. The Morgan fingerprint density at radius 1 is 1.42 bits per heavy atom. The largest absolute Gasteiger partial charge is 0.280 e. The molecule has 2 aliphatic rings. The van der Waals surface area contributed by atoms with Gasteiger partial charge in [-0.1, -0.05) is 0 Å². The van der Waals surface area contributed by atoms with Crippen LogP contribution in [0.4, 0.5) is 0 Å². The molecule has 0 amide bonds. The Kier molecular flexibility index (Phi) is 1.66. The average molecular weight is 164 g/mol. The molecule has 2 saturated heterocycles. The molecule has 0 spiro atoms. The topological polar surface area (TPSA) is 27.0 Å². The van der Waals surface area contributed by atoms with Gasteiger partial charge >= 0.3 is 0 Å². The maximum atomic E-state index is 9.17. The number of rotatable bonds is 1. The van der Waals surface area contributed by atoms with E-state index in [4.69, 9.17) is 0 Å². The summed E-state index contributed by atoms with van der Waals surface area (Å²) >= 11 is 0. The van der Waals surface area contributed by atoms with Crippen molar-refractivity contribution < 1.29 is 0 Å². The minimum Gasteiger partial charge on any atom is -0.280 e. The summed E-state index contributed by atoms with van der Waals surface area (Å²) in [5.74, 6) is 0. The number of fused-ring (bicyclic) bond motifs is 2. The third-order valence-electron chi connectivity index (χ3n) is 3.43. The molecular formula is C10H16N2. The van der Waals surface area contributed by atoms with Crippen molar-refractivity contribution >= 4 is 0 Å². The lowest BCUT2D eigenvalue weighted by molar-refractivity contribution is 0.157. The van der Waals surface area contributed by atoms with E-state index in [-0.39, 0.29) is 5.54 Å². The molecule has 0 N–H and O–H groups in total. The Hall–Kier alpha value is -0.550. The maximum Gasteiger partial charge on any atom is 0.109 e. The third-order valence-corrected chi connectivity index (χ3v) is 3.43. The molecule has 2 bridgehead atoms. The highest BCUT2D eigenvalue weighted by atomic mass is 15.3. The molecule has 12 heavy (non-hydrogen) atoms. The quantitative estimate of drug-likeness (QED) is 0.592. The molecule has 0 unspecified atom stereocenters. The van der Waals surface area contributed by atoms with Gasteiger partial charge in [0.05, 0.1) is 6.07 Å². The van der Waals surface area contributed by atoms with Crippen LogP contribution in [-0.2, 0) is 0 Å². The van der Waals surface area contributed by atoms with Crippen molar-refractivity contribution in [3.63, 3.8) is 0 Å². The zero-order valence-corrected chi connectivity index (χ0v) is 7.88. The van der Waals surface area contributed by atoms with Crippen molar-refractivity contribution in [2.75, 3.05) is 0 Å². The third kappa shape index (κ3) is 0.834. The molecule has 0 aliphatic carbocycles. The highest BCUT2D eigenvalue weighted by Gasteiger charge is 2.52. The predicted molar refractivity (Wildman–Crippen MR) is 47.6 cm³/mol. The SMILES string of the molecule is CC(C)N1C2CCC1(C#N)CC2. The molecule has 0 aromatic carbocycles. The molecule has 2 nitrogen and oxygen atoms in total. The maximum absolute atomic E-state index is 9.17. The van der Waals surface area contributed by atoms with Crippen LogP contribution in [0, 0.1) is 11.3 Å². The molecule has 2 aliphatic heterocycles. The Morgan fingerprint density at radius 3 is 2.33 bits per heavy atom. The summed E-state index contributed by atoms with van der Waals surface area (Å²) in [6.45, 7) is 4.41. The molecule has 0 saturated carbocycles. The number of hydrogen-bond donors (Lipinski definition) is 0. The van der Waals surface area contributed by atoms with E-state index in [0.717, 1.165) is 12.8 Å². The first-order valence-corrected chi connectivity index (χ1v) is 4.89. The fourth-order valence-corrected chi connectivity index (χ4v) is 3.05. The van der Waals surface area contributed by atoms with E-state index >= 15 is 0 Å². The van der Waals surface area contributed by atoms with Gasteiger partial charge in [-0.3, -0.25) is 4.90 Å². The highest BCUT2D eigenvalue weighted by molar-refractivity contribution is 5.19. The Labute approximate surface area is 74.2 Å². The highest BCUT2D eigenvalue weighted by Crippen LogP contribution is 2.46. The summed E-state index contributed by atoms with van der Waals surface area (Å²) in [7, 11) is 0. The van der Waals surface area contributed by atoms with Gasteiger partial charge in [-0.15, -0.1) is 0 Å².